The van der Waals surface area contributed by atoms with E-state index in [1.807, 2.05) is 6.07 Å². The number of hydrogen-bond acceptors (Lipinski definition) is 3. The Morgan fingerprint density at radius 1 is 1.13 bits per heavy atom. The molecule has 0 aliphatic carbocycles. The van der Waals surface area contributed by atoms with Crippen LogP contribution >= 0.6 is 0 Å². The predicted molar refractivity (Wildman–Crippen MR) is 84.6 cm³/mol. The van der Waals surface area contributed by atoms with Gasteiger partial charge in [-0.05, 0) is 41.8 Å². The van der Waals surface area contributed by atoms with Crippen LogP contribution in [0.3, 0.4) is 0 Å². The molecular weight excluding hydrogens is 295 g/mol. The Bertz CT molecular complexity index is 809. The Morgan fingerprint density at radius 2 is 1.87 bits per heavy atom. The highest BCUT2D eigenvalue weighted by atomic mass is 19.1. The standard InChI is InChI=1S/C17H15FN4O/c1-22-9-8-15(21-22)17(23)20-16-7-4-13(11-19-16)10-12-2-5-14(18)6-3-12/h2-9,11H,10H2,1H3,(H,19,20,23). The highest BCUT2D eigenvalue weighted by Crippen LogP contribution is 2.12. The lowest BCUT2D eigenvalue weighted by Gasteiger charge is -2.05. The number of benzene rings is 1. The third kappa shape index (κ3) is 3.79. The first-order chi connectivity index (χ1) is 11.1. The maximum Gasteiger partial charge on any atom is 0.277 e. The summed E-state index contributed by atoms with van der Waals surface area (Å²) in [6, 6.07) is 11.6. The number of rotatable bonds is 4. The molecule has 0 fully saturated rings. The molecule has 3 rings (SSSR count). The summed E-state index contributed by atoms with van der Waals surface area (Å²) in [6.07, 6.45) is 4.05. The van der Waals surface area contributed by atoms with Crippen molar-refractivity contribution in [3.63, 3.8) is 0 Å². The lowest BCUT2D eigenvalue weighted by molar-refractivity contribution is 0.102. The second kappa shape index (κ2) is 6.39. The van der Waals surface area contributed by atoms with Gasteiger partial charge in [-0.25, -0.2) is 9.37 Å². The fraction of sp³-hybridized carbons (Fsp3) is 0.118. The van der Waals surface area contributed by atoms with Crippen LogP contribution in [0.1, 0.15) is 21.6 Å². The minimum absolute atomic E-state index is 0.251. The number of hydrogen-bond donors (Lipinski definition) is 1. The topological polar surface area (TPSA) is 59.8 Å². The zero-order chi connectivity index (χ0) is 16.2. The van der Waals surface area contributed by atoms with Gasteiger partial charge in [-0.1, -0.05) is 18.2 Å². The molecule has 0 atom stereocenters. The lowest BCUT2D eigenvalue weighted by Crippen LogP contribution is -2.14. The molecule has 1 aromatic carbocycles. The number of carbonyl (C=O) groups is 1. The molecule has 116 valence electrons. The smallest absolute Gasteiger partial charge is 0.277 e. The van der Waals surface area contributed by atoms with Gasteiger partial charge in [0.25, 0.3) is 5.91 Å². The van der Waals surface area contributed by atoms with E-state index in [4.69, 9.17) is 0 Å². The van der Waals surface area contributed by atoms with Crippen molar-refractivity contribution in [2.45, 2.75) is 6.42 Å². The SMILES string of the molecule is Cn1ccc(C(=O)Nc2ccc(Cc3ccc(F)cc3)cn2)n1. The van der Waals surface area contributed by atoms with Crippen LogP contribution < -0.4 is 5.32 Å². The minimum atomic E-state index is -0.301. The molecule has 0 saturated heterocycles. The largest absolute Gasteiger partial charge is 0.305 e. The molecule has 6 heteroatoms. The van der Waals surface area contributed by atoms with E-state index >= 15 is 0 Å². The molecule has 23 heavy (non-hydrogen) atoms. The van der Waals surface area contributed by atoms with Crippen LogP contribution in [-0.2, 0) is 13.5 Å². The van der Waals surface area contributed by atoms with Gasteiger partial charge in [0, 0.05) is 19.4 Å². The summed E-state index contributed by atoms with van der Waals surface area (Å²) in [6.45, 7) is 0. The van der Waals surface area contributed by atoms with Crippen molar-refractivity contribution in [1.82, 2.24) is 14.8 Å². The third-order valence-electron chi connectivity index (χ3n) is 3.33. The predicted octanol–water partition coefficient (Wildman–Crippen LogP) is 2.80. The van der Waals surface area contributed by atoms with Crippen LogP contribution in [0.25, 0.3) is 0 Å². The van der Waals surface area contributed by atoms with Crippen molar-refractivity contribution in [3.05, 3.63) is 77.5 Å². The number of pyridine rings is 1. The molecule has 1 N–H and O–H groups in total. The molecule has 0 aliphatic rings. The summed E-state index contributed by atoms with van der Waals surface area (Å²) in [5, 5.41) is 6.73. The molecule has 1 amide bonds. The number of halogens is 1. The van der Waals surface area contributed by atoms with E-state index in [0.717, 1.165) is 11.1 Å². The van der Waals surface area contributed by atoms with E-state index in [1.54, 1.807) is 48.4 Å². The second-order valence-electron chi connectivity index (χ2n) is 5.18. The Kier molecular flexibility index (Phi) is 4.14. The van der Waals surface area contributed by atoms with E-state index in [1.165, 1.54) is 12.1 Å². The molecule has 0 saturated carbocycles. The van der Waals surface area contributed by atoms with Gasteiger partial charge >= 0.3 is 0 Å². The summed E-state index contributed by atoms with van der Waals surface area (Å²) < 4.78 is 14.4. The number of nitrogens with zero attached hydrogens (tertiary/aromatic N) is 3. The fourth-order valence-electron chi connectivity index (χ4n) is 2.16. The van der Waals surface area contributed by atoms with Gasteiger partial charge in [0.15, 0.2) is 5.69 Å². The van der Waals surface area contributed by atoms with Gasteiger partial charge < -0.3 is 5.32 Å². The quantitative estimate of drug-likeness (QED) is 0.806. The fourth-order valence-corrected chi connectivity index (χ4v) is 2.16. The zero-order valence-corrected chi connectivity index (χ0v) is 12.5. The van der Waals surface area contributed by atoms with Crippen LogP contribution in [0.2, 0.25) is 0 Å². The highest BCUT2D eigenvalue weighted by Gasteiger charge is 2.09. The molecule has 0 spiro atoms. The van der Waals surface area contributed by atoms with Gasteiger partial charge in [0.1, 0.15) is 11.6 Å². The minimum Gasteiger partial charge on any atom is -0.305 e. The molecule has 3 aromatic rings. The molecule has 0 bridgehead atoms. The average molecular weight is 310 g/mol. The summed E-state index contributed by atoms with van der Waals surface area (Å²) in [5.74, 6) is -0.0904. The number of aryl methyl sites for hydroxylation is 1. The first-order valence-electron chi connectivity index (χ1n) is 7.10. The van der Waals surface area contributed by atoms with Crippen LogP contribution in [0, 0.1) is 5.82 Å². The Labute approximate surface area is 132 Å². The van der Waals surface area contributed by atoms with Crippen LogP contribution in [-0.4, -0.2) is 20.7 Å². The van der Waals surface area contributed by atoms with E-state index in [0.29, 0.717) is 17.9 Å². The average Bonchev–Trinajstić information content (AvgIpc) is 2.98. The highest BCUT2D eigenvalue weighted by molar-refractivity contribution is 6.02. The normalized spacial score (nSPS) is 10.5. The Morgan fingerprint density at radius 3 is 2.48 bits per heavy atom. The van der Waals surface area contributed by atoms with Crippen LogP contribution in [0.4, 0.5) is 10.2 Å². The summed E-state index contributed by atoms with van der Waals surface area (Å²) in [7, 11) is 1.75. The number of nitrogens with one attached hydrogen (secondary N) is 1. The van der Waals surface area contributed by atoms with E-state index < -0.39 is 0 Å². The maximum atomic E-state index is 12.9. The monoisotopic (exact) mass is 310 g/mol. The molecular formula is C17H15FN4O. The van der Waals surface area contributed by atoms with Crippen molar-refractivity contribution in [2.75, 3.05) is 5.32 Å². The van der Waals surface area contributed by atoms with E-state index in [9.17, 15) is 9.18 Å². The summed E-state index contributed by atoms with van der Waals surface area (Å²) in [4.78, 5) is 16.2. The summed E-state index contributed by atoms with van der Waals surface area (Å²) in [5.41, 5.74) is 2.32. The van der Waals surface area contributed by atoms with Gasteiger partial charge in [0.2, 0.25) is 0 Å². The van der Waals surface area contributed by atoms with Crippen molar-refractivity contribution in [3.8, 4) is 0 Å². The molecule has 5 nitrogen and oxygen atoms in total. The van der Waals surface area contributed by atoms with Crippen molar-refractivity contribution < 1.29 is 9.18 Å². The van der Waals surface area contributed by atoms with Crippen molar-refractivity contribution >= 4 is 11.7 Å². The first-order valence-corrected chi connectivity index (χ1v) is 7.10. The number of amides is 1. The molecule has 0 unspecified atom stereocenters. The second-order valence-corrected chi connectivity index (χ2v) is 5.18. The van der Waals surface area contributed by atoms with E-state index in [-0.39, 0.29) is 11.7 Å². The Hall–Kier alpha value is -3.02. The van der Waals surface area contributed by atoms with Gasteiger partial charge in [-0.3, -0.25) is 9.48 Å². The molecule has 0 aliphatic heterocycles. The van der Waals surface area contributed by atoms with Gasteiger partial charge in [0.05, 0.1) is 0 Å². The molecule has 2 aromatic heterocycles. The number of anilines is 1. The first kappa shape index (κ1) is 14.9. The summed E-state index contributed by atoms with van der Waals surface area (Å²) >= 11 is 0. The van der Waals surface area contributed by atoms with Gasteiger partial charge in [-0.2, -0.15) is 5.10 Å². The van der Waals surface area contributed by atoms with Crippen LogP contribution in [0.15, 0.2) is 54.9 Å². The van der Waals surface area contributed by atoms with E-state index in [2.05, 4.69) is 15.4 Å². The molecule has 0 radical (unpaired) electrons. The van der Waals surface area contributed by atoms with Crippen LogP contribution in [0.5, 0.6) is 0 Å². The van der Waals surface area contributed by atoms with Gasteiger partial charge in [-0.15, -0.1) is 0 Å². The molecule has 2 heterocycles. The lowest BCUT2D eigenvalue weighted by atomic mass is 10.1. The zero-order valence-electron chi connectivity index (χ0n) is 12.5. The number of carbonyl (C=O) groups excluding carboxylic acids is 1. The number of aromatic nitrogens is 3. The van der Waals surface area contributed by atoms with Crippen molar-refractivity contribution in [2.24, 2.45) is 7.05 Å². The third-order valence-corrected chi connectivity index (χ3v) is 3.33. The van der Waals surface area contributed by atoms with Crippen molar-refractivity contribution in [1.29, 1.82) is 0 Å². The maximum absolute atomic E-state index is 12.9. The Balaban J connectivity index is 1.65.